The van der Waals surface area contributed by atoms with E-state index in [1.54, 1.807) is 0 Å². The summed E-state index contributed by atoms with van der Waals surface area (Å²) >= 11 is 1.88. The van der Waals surface area contributed by atoms with Crippen LogP contribution in [0.5, 0.6) is 0 Å². The number of amidine groups is 1. The zero-order chi connectivity index (χ0) is 12.3. The number of nitrogens with zero attached hydrogens (tertiary/aromatic N) is 2. The first kappa shape index (κ1) is 12.5. The molecule has 1 fully saturated rings. The van der Waals surface area contributed by atoms with Gasteiger partial charge in [0.05, 0.1) is 5.69 Å². The summed E-state index contributed by atoms with van der Waals surface area (Å²) in [6.45, 7) is 8.75. The molecular formula is C14H20N2S. The van der Waals surface area contributed by atoms with Crippen LogP contribution in [-0.4, -0.2) is 28.9 Å². The van der Waals surface area contributed by atoms with Crippen LogP contribution in [0.2, 0.25) is 0 Å². The van der Waals surface area contributed by atoms with Crippen molar-refractivity contribution in [1.82, 2.24) is 4.90 Å². The number of para-hydroxylation sites is 1. The molecule has 0 N–H and O–H groups in total. The number of aryl methyl sites for hydroxylation is 2. The Hall–Kier alpha value is -0.960. The maximum Gasteiger partial charge on any atom is 0.164 e. The number of hydrogen-bond acceptors (Lipinski definition) is 2. The second kappa shape index (κ2) is 5.58. The van der Waals surface area contributed by atoms with Crippen molar-refractivity contribution in [2.45, 2.75) is 27.2 Å². The highest BCUT2D eigenvalue weighted by molar-refractivity contribution is 8.14. The SMILES string of the molecule is CCCN1CCSC1=Nc1c(C)cccc1C. The third-order valence-corrected chi connectivity index (χ3v) is 4.00. The Bertz CT molecular complexity index is 406. The molecule has 0 saturated carbocycles. The highest BCUT2D eigenvalue weighted by Gasteiger charge is 2.18. The molecule has 1 saturated heterocycles. The van der Waals surface area contributed by atoms with E-state index < -0.39 is 0 Å². The lowest BCUT2D eigenvalue weighted by atomic mass is 10.1. The van der Waals surface area contributed by atoms with Gasteiger partial charge in [-0.2, -0.15) is 0 Å². The highest BCUT2D eigenvalue weighted by Crippen LogP contribution is 2.27. The molecule has 92 valence electrons. The van der Waals surface area contributed by atoms with Gasteiger partial charge in [-0.3, -0.25) is 0 Å². The van der Waals surface area contributed by atoms with Gasteiger partial charge in [-0.1, -0.05) is 36.9 Å². The monoisotopic (exact) mass is 248 g/mol. The molecule has 1 aliphatic rings. The maximum absolute atomic E-state index is 4.86. The molecule has 17 heavy (non-hydrogen) atoms. The first-order chi connectivity index (χ1) is 8.22. The number of thioether (sulfide) groups is 1. The van der Waals surface area contributed by atoms with Crippen LogP contribution < -0.4 is 0 Å². The van der Waals surface area contributed by atoms with Crippen molar-refractivity contribution in [1.29, 1.82) is 0 Å². The van der Waals surface area contributed by atoms with Crippen molar-refractivity contribution >= 4 is 22.6 Å². The van der Waals surface area contributed by atoms with Crippen LogP contribution in [-0.2, 0) is 0 Å². The van der Waals surface area contributed by atoms with E-state index in [4.69, 9.17) is 4.99 Å². The van der Waals surface area contributed by atoms with Crippen molar-refractivity contribution in [3.8, 4) is 0 Å². The fourth-order valence-electron chi connectivity index (χ4n) is 2.09. The Kier molecular flexibility index (Phi) is 4.11. The summed E-state index contributed by atoms with van der Waals surface area (Å²) in [4.78, 5) is 7.26. The van der Waals surface area contributed by atoms with Crippen LogP contribution in [0.25, 0.3) is 0 Å². The van der Waals surface area contributed by atoms with Crippen LogP contribution in [0.3, 0.4) is 0 Å². The minimum absolute atomic E-state index is 1.12. The molecule has 0 aromatic heterocycles. The van der Waals surface area contributed by atoms with Crippen LogP contribution in [0.15, 0.2) is 23.2 Å². The number of hydrogen-bond donors (Lipinski definition) is 0. The van der Waals surface area contributed by atoms with E-state index >= 15 is 0 Å². The standard InChI is InChI=1S/C14H20N2S/c1-4-8-16-9-10-17-14(16)15-13-11(2)6-5-7-12(13)3/h5-7H,4,8-10H2,1-3H3. The van der Waals surface area contributed by atoms with E-state index in [1.807, 2.05) is 11.8 Å². The quantitative estimate of drug-likeness (QED) is 0.809. The largest absolute Gasteiger partial charge is 0.350 e. The highest BCUT2D eigenvalue weighted by atomic mass is 32.2. The second-order valence-corrected chi connectivity index (χ2v) is 5.53. The van der Waals surface area contributed by atoms with Gasteiger partial charge in [-0.15, -0.1) is 0 Å². The Morgan fingerprint density at radius 3 is 2.65 bits per heavy atom. The fourth-order valence-corrected chi connectivity index (χ4v) is 3.11. The second-order valence-electron chi connectivity index (χ2n) is 4.47. The van der Waals surface area contributed by atoms with Crippen molar-refractivity contribution in [3.63, 3.8) is 0 Å². The molecule has 0 atom stereocenters. The third-order valence-electron chi connectivity index (χ3n) is 3.00. The molecule has 1 heterocycles. The first-order valence-electron chi connectivity index (χ1n) is 6.25. The maximum atomic E-state index is 4.86. The average molecular weight is 248 g/mol. The topological polar surface area (TPSA) is 15.6 Å². The third kappa shape index (κ3) is 2.83. The van der Waals surface area contributed by atoms with E-state index in [-0.39, 0.29) is 0 Å². The van der Waals surface area contributed by atoms with Gasteiger partial charge in [0.1, 0.15) is 0 Å². The number of benzene rings is 1. The number of rotatable bonds is 3. The zero-order valence-corrected chi connectivity index (χ0v) is 11.7. The van der Waals surface area contributed by atoms with Gasteiger partial charge in [0, 0.05) is 18.8 Å². The van der Waals surface area contributed by atoms with E-state index in [9.17, 15) is 0 Å². The van der Waals surface area contributed by atoms with Crippen molar-refractivity contribution in [2.75, 3.05) is 18.8 Å². The van der Waals surface area contributed by atoms with Crippen molar-refractivity contribution in [3.05, 3.63) is 29.3 Å². The van der Waals surface area contributed by atoms with Crippen LogP contribution in [0.1, 0.15) is 24.5 Å². The van der Waals surface area contributed by atoms with E-state index in [1.165, 1.54) is 28.5 Å². The molecule has 0 unspecified atom stereocenters. The molecule has 2 nitrogen and oxygen atoms in total. The molecule has 0 radical (unpaired) electrons. The lowest BCUT2D eigenvalue weighted by molar-refractivity contribution is 0.460. The molecule has 3 heteroatoms. The van der Waals surface area contributed by atoms with Gasteiger partial charge >= 0.3 is 0 Å². The van der Waals surface area contributed by atoms with E-state index in [0.29, 0.717) is 0 Å². The molecule has 0 bridgehead atoms. The summed E-state index contributed by atoms with van der Waals surface area (Å²) in [6, 6.07) is 6.37. The minimum Gasteiger partial charge on any atom is -0.350 e. The Labute approximate surface area is 108 Å². The minimum atomic E-state index is 1.12. The van der Waals surface area contributed by atoms with Gasteiger partial charge < -0.3 is 4.90 Å². The van der Waals surface area contributed by atoms with Crippen LogP contribution >= 0.6 is 11.8 Å². The van der Waals surface area contributed by atoms with Gasteiger partial charge in [-0.25, -0.2) is 4.99 Å². The molecule has 1 aliphatic heterocycles. The summed E-state index contributed by atoms with van der Waals surface area (Å²) < 4.78 is 0. The normalized spacial score (nSPS) is 18.1. The lowest BCUT2D eigenvalue weighted by Crippen LogP contribution is -2.24. The molecule has 2 rings (SSSR count). The summed E-state index contributed by atoms with van der Waals surface area (Å²) in [5.74, 6) is 1.17. The van der Waals surface area contributed by atoms with Crippen LogP contribution in [0.4, 0.5) is 5.69 Å². The van der Waals surface area contributed by atoms with Gasteiger partial charge in [0.15, 0.2) is 5.17 Å². The van der Waals surface area contributed by atoms with Gasteiger partial charge in [0.25, 0.3) is 0 Å². The number of aliphatic imine (C=N–C) groups is 1. The summed E-state index contributed by atoms with van der Waals surface area (Å²) in [5, 5.41) is 1.20. The van der Waals surface area contributed by atoms with Gasteiger partial charge in [-0.05, 0) is 31.4 Å². The molecule has 0 spiro atoms. The predicted octanol–water partition coefficient (Wildman–Crippen LogP) is 3.75. The van der Waals surface area contributed by atoms with Crippen LogP contribution in [0, 0.1) is 13.8 Å². The summed E-state index contributed by atoms with van der Waals surface area (Å²) in [6.07, 6.45) is 1.19. The average Bonchev–Trinajstić information content (AvgIpc) is 2.72. The van der Waals surface area contributed by atoms with Gasteiger partial charge in [0.2, 0.25) is 0 Å². The van der Waals surface area contributed by atoms with E-state index in [2.05, 4.69) is 43.9 Å². The lowest BCUT2D eigenvalue weighted by Gasteiger charge is -2.17. The van der Waals surface area contributed by atoms with Crippen molar-refractivity contribution < 1.29 is 0 Å². The molecule has 0 amide bonds. The molecular weight excluding hydrogens is 228 g/mol. The smallest absolute Gasteiger partial charge is 0.164 e. The Morgan fingerprint density at radius 2 is 2.00 bits per heavy atom. The molecule has 1 aromatic rings. The van der Waals surface area contributed by atoms with E-state index in [0.717, 1.165) is 18.8 Å². The Morgan fingerprint density at radius 1 is 1.29 bits per heavy atom. The fraction of sp³-hybridized carbons (Fsp3) is 0.500. The summed E-state index contributed by atoms with van der Waals surface area (Å²) in [5.41, 5.74) is 3.68. The molecule has 0 aliphatic carbocycles. The Balaban J connectivity index is 2.29. The first-order valence-corrected chi connectivity index (χ1v) is 7.23. The predicted molar refractivity (Wildman–Crippen MR) is 77.3 cm³/mol. The molecule has 1 aromatic carbocycles. The zero-order valence-electron chi connectivity index (χ0n) is 10.9. The summed E-state index contributed by atoms with van der Waals surface area (Å²) in [7, 11) is 0. The van der Waals surface area contributed by atoms with Crippen molar-refractivity contribution in [2.24, 2.45) is 4.99 Å².